The van der Waals surface area contributed by atoms with Gasteiger partial charge in [-0.15, -0.1) is 0 Å². The standard InChI is InChI=1S/C26H20N4O/c1-18-23(26(31)30(29-18)21-14-6-3-7-15-21)25(20-10-4-2-5-11-20)28-22-16-8-12-19-13-9-17-27-24(19)22/h2-17,29H,1H3. The number of para-hydroxylation sites is 2. The molecule has 0 radical (unpaired) electrons. The molecule has 0 aliphatic heterocycles. The summed E-state index contributed by atoms with van der Waals surface area (Å²) in [5.74, 6) is 0. The fourth-order valence-electron chi connectivity index (χ4n) is 3.74. The lowest BCUT2D eigenvalue weighted by atomic mass is 10.0. The van der Waals surface area contributed by atoms with E-state index in [1.807, 2.05) is 97.9 Å². The van der Waals surface area contributed by atoms with Gasteiger partial charge in [-0.3, -0.25) is 14.9 Å². The molecule has 5 heteroatoms. The molecule has 0 spiro atoms. The van der Waals surface area contributed by atoms with Gasteiger partial charge < -0.3 is 0 Å². The molecule has 0 saturated heterocycles. The molecule has 0 aliphatic rings. The van der Waals surface area contributed by atoms with Crippen LogP contribution in [0.1, 0.15) is 16.8 Å². The van der Waals surface area contributed by atoms with Gasteiger partial charge in [0.15, 0.2) is 0 Å². The summed E-state index contributed by atoms with van der Waals surface area (Å²) in [6.45, 7) is 1.90. The summed E-state index contributed by atoms with van der Waals surface area (Å²) in [5, 5.41) is 4.21. The van der Waals surface area contributed by atoms with Crippen LogP contribution in [0.2, 0.25) is 0 Å². The molecule has 31 heavy (non-hydrogen) atoms. The average molecular weight is 404 g/mol. The zero-order valence-corrected chi connectivity index (χ0v) is 17.0. The van der Waals surface area contributed by atoms with Crippen molar-refractivity contribution in [3.8, 4) is 5.69 Å². The number of pyridine rings is 1. The van der Waals surface area contributed by atoms with Crippen LogP contribution in [0, 0.1) is 6.92 Å². The molecule has 0 fully saturated rings. The number of fused-ring (bicyclic) bond motifs is 1. The van der Waals surface area contributed by atoms with Crippen molar-refractivity contribution in [3.05, 3.63) is 124 Å². The van der Waals surface area contributed by atoms with Crippen LogP contribution in [-0.4, -0.2) is 20.5 Å². The summed E-state index contributed by atoms with van der Waals surface area (Å²) in [7, 11) is 0. The summed E-state index contributed by atoms with van der Waals surface area (Å²) < 4.78 is 1.56. The van der Waals surface area contributed by atoms with Crippen LogP contribution in [-0.2, 0) is 0 Å². The zero-order valence-electron chi connectivity index (χ0n) is 17.0. The first-order valence-electron chi connectivity index (χ1n) is 10.1. The molecule has 0 aliphatic carbocycles. The van der Waals surface area contributed by atoms with Crippen molar-refractivity contribution >= 4 is 22.3 Å². The van der Waals surface area contributed by atoms with Gasteiger partial charge in [0.05, 0.1) is 28.2 Å². The monoisotopic (exact) mass is 404 g/mol. The minimum atomic E-state index is -0.139. The van der Waals surface area contributed by atoms with Crippen molar-refractivity contribution in [2.24, 2.45) is 4.99 Å². The lowest BCUT2D eigenvalue weighted by Gasteiger charge is -2.07. The number of nitrogens with one attached hydrogen (secondary N) is 1. The van der Waals surface area contributed by atoms with E-state index in [0.29, 0.717) is 11.3 Å². The molecule has 5 aromatic rings. The smallest absolute Gasteiger partial charge is 0.280 e. The number of rotatable bonds is 4. The number of benzene rings is 3. The van der Waals surface area contributed by atoms with Gasteiger partial charge >= 0.3 is 0 Å². The number of aryl methyl sites for hydroxylation is 1. The van der Waals surface area contributed by atoms with Crippen molar-refractivity contribution in [3.63, 3.8) is 0 Å². The number of nitrogens with zero attached hydrogens (tertiary/aromatic N) is 3. The highest BCUT2D eigenvalue weighted by Crippen LogP contribution is 2.26. The predicted octanol–water partition coefficient (Wildman–Crippen LogP) is 5.19. The van der Waals surface area contributed by atoms with E-state index in [4.69, 9.17) is 4.99 Å². The molecule has 150 valence electrons. The molecule has 2 aromatic heterocycles. The van der Waals surface area contributed by atoms with Crippen LogP contribution >= 0.6 is 0 Å². The molecule has 1 N–H and O–H groups in total. The second-order valence-corrected chi connectivity index (χ2v) is 7.27. The van der Waals surface area contributed by atoms with E-state index in [1.165, 1.54) is 0 Å². The molecular formula is C26H20N4O. The molecule has 2 heterocycles. The molecule has 5 rings (SSSR count). The van der Waals surface area contributed by atoms with Gasteiger partial charge in [-0.25, -0.2) is 9.67 Å². The number of aromatic nitrogens is 3. The van der Waals surface area contributed by atoms with Crippen molar-refractivity contribution in [2.75, 3.05) is 0 Å². The maximum Gasteiger partial charge on any atom is 0.280 e. The third kappa shape index (κ3) is 3.46. The molecule has 3 aromatic carbocycles. The van der Waals surface area contributed by atoms with Gasteiger partial charge in [-0.05, 0) is 31.2 Å². The maximum absolute atomic E-state index is 13.5. The van der Waals surface area contributed by atoms with Gasteiger partial charge in [0.25, 0.3) is 5.56 Å². The largest absolute Gasteiger partial charge is 0.295 e. The summed E-state index contributed by atoms with van der Waals surface area (Å²) >= 11 is 0. The number of hydrogen-bond donors (Lipinski definition) is 1. The molecule has 0 amide bonds. The first-order chi connectivity index (χ1) is 15.2. The second-order valence-electron chi connectivity index (χ2n) is 7.27. The van der Waals surface area contributed by atoms with Gasteiger partial charge in [0, 0.05) is 22.8 Å². The first kappa shape index (κ1) is 18.8. The van der Waals surface area contributed by atoms with Gasteiger partial charge in [0.2, 0.25) is 0 Å². The minimum absolute atomic E-state index is 0.139. The predicted molar refractivity (Wildman–Crippen MR) is 125 cm³/mol. The number of aliphatic imine (C=N–C) groups is 1. The number of hydrogen-bond acceptors (Lipinski definition) is 3. The Balaban J connectivity index is 1.77. The average Bonchev–Trinajstić information content (AvgIpc) is 3.12. The van der Waals surface area contributed by atoms with E-state index in [1.54, 1.807) is 10.9 Å². The van der Waals surface area contributed by atoms with Crippen LogP contribution in [0.4, 0.5) is 5.69 Å². The summed E-state index contributed by atoms with van der Waals surface area (Å²) in [5.41, 5.74) is 4.95. The molecule has 0 saturated carbocycles. The lowest BCUT2D eigenvalue weighted by molar-refractivity contribution is 0.835. The van der Waals surface area contributed by atoms with Crippen molar-refractivity contribution in [1.82, 2.24) is 14.8 Å². The van der Waals surface area contributed by atoms with Crippen molar-refractivity contribution < 1.29 is 0 Å². The van der Waals surface area contributed by atoms with Crippen LogP contribution in [0.15, 0.2) is 107 Å². The second kappa shape index (κ2) is 7.88. The Bertz CT molecular complexity index is 1440. The third-order valence-corrected chi connectivity index (χ3v) is 5.21. The number of H-pyrrole nitrogens is 1. The normalized spacial score (nSPS) is 11.7. The molecular weight excluding hydrogens is 384 g/mol. The Kier molecular flexibility index (Phi) is 4.77. The van der Waals surface area contributed by atoms with E-state index in [9.17, 15) is 4.79 Å². The van der Waals surface area contributed by atoms with Crippen LogP contribution < -0.4 is 5.56 Å². The van der Waals surface area contributed by atoms with Gasteiger partial charge in [-0.2, -0.15) is 0 Å². The van der Waals surface area contributed by atoms with E-state index in [0.717, 1.165) is 33.5 Å². The fourth-order valence-corrected chi connectivity index (χ4v) is 3.74. The highest BCUT2D eigenvalue weighted by Gasteiger charge is 2.20. The third-order valence-electron chi connectivity index (χ3n) is 5.21. The molecule has 5 nitrogen and oxygen atoms in total. The Morgan fingerprint density at radius 1 is 0.871 bits per heavy atom. The fraction of sp³-hybridized carbons (Fsp3) is 0.0385. The first-order valence-corrected chi connectivity index (χ1v) is 10.1. The van der Waals surface area contributed by atoms with Crippen molar-refractivity contribution in [1.29, 1.82) is 0 Å². The molecule has 0 unspecified atom stereocenters. The van der Waals surface area contributed by atoms with Crippen LogP contribution in [0.3, 0.4) is 0 Å². The highest BCUT2D eigenvalue weighted by molar-refractivity contribution is 6.15. The summed E-state index contributed by atoms with van der Waals surface area (Å²) in [4.78, 5) is 23.0. The van der Waals surface area contributed by atoms with Gasteiger partial charge in [0.1, 0.15) is 0 Å². The van der Waals surface area contributed by atoms with E-state index in [-0.39, 0.29) is 5.56 Å². The highest BCUT2D eigenvalue weighted by atomic mass is 16.1. The van der Waals surface area contributed by atoms with E-state index < -0.39 is 0 Å². The van der Waals surface area contributed by atoms with Crippen LogP contribution in [0.25, 0.3) is 16.6 Å². The maximum atomic E-state index is 13.5. The van der Waals surface area contributed by atoms with Crippen molar-refractivity contribution in [2.45, 2.75) is 6.92 Å². The Labute approximate surface area is 179 Å². The Morgan fingerprint density at radius 2 is 1.58 bits per heavy atom. The minimum Gasteiger partial charge on any atom is -0.295 e. The van der Waals surface area contributed by atoms with Gasteiger partial charge in [-0.1, -0.05) is 66.7 Å². The lowest BCUT2D eigenvalue weighted by Crippen LogP contribution is -2.21. The molecule has 0 atom stereocenters. The zero-order chi connectivity index (χ0) is 21.2. The Hall–Kier alpha value is -4.25. The summed E-state index contributed by atoms with van der Waals surface area (Å²) in [6, 6.07) is 29.1. The SMILES string of the molecule is Cc1[nH]n(-c2ccccc2)c(=O)c1C(=Nc1cccc2cccnc12)c1ccccc1. The van der Waals surface area contributed by atoms with Crippen LogP contribution in [0.5, 0.6) is 0 Å². The summed E-state index contributed by atoms with van der Waals surface area (Å²) in [6.07, 6.45) is 1.76. The Morgan fingerprint density at radius 3 is 2.35 bits per heavy atom. The topological polar surface area (TPSA) is 63.0 Å². The van der Waals surface area contributed by atoms with E-state index >= 15 is 0 Å². The number of aromatic amines is 1. The van der Waals surface area contributed by atoms with E-state index in [2.05, 4.69) is 10.1 Å². The molecule has 0 bridgehead atoms. The quantitative estimate of drug-likeness (QED) is 0.419.